The van der Waals surface area contributed by atoms with Crippen LogP contribution in [0, 0.1) is 11.8 Å². The van der Waals surface area contributed by atoms with Gasteiger partial charge in [0.25, 0.3) is 0 Å². The van der Waals surface area contributed by atoms with Gasteiger partial charge in [0, 0.05) is 0 Å². The number of hydrogen-bond donors (Lipinski definition) is 1. The normalized spacial score (nSPS) is 23.7. The van der Waals surface area contributed by atoms with Crippen molar-refractivity contribution in [1.82, 2.24) is 0 Å². The first kappa shape index (κ1) is 10.2. The Labute approximate surface area is 89.9 Å². The van der Waals surface area contributed by atoms with Crippen LogP contribution in [0.5, 0.6) is 0 Å². The molecule has 1 aromatic rings. The Balaban J connectivity index is 1.67. The number of carbonyl (C=O) groups is 1. The molecule has 0 bridgehead atoms. The lowest BCUT2D eigenvalue weighted by atomic mass is 10.1. The zero-order valence-electron chi connectivity index (χ0n) is 8.73. The van der Waals surface area contributed by atoms with Crippen LogP contribution in [0.25, 0.3) is 0 Å². The molecule has 15 heavy (non-hydrogen) atoms. The van der Waals surface area contributed by atoms with E-state index < -0.39 is 5.97 Å². The van der Waals surface area contributed by atoms with Gasteiger partial charge in [-0.1, -0.05) is 30.3 Å². The number of hydrogen-bond acceptors (Lipinski definition) is 1. The minimum atomic E-state index is -0.611. The highest BCUT2D eigenvalue weighted by molar-refractivity contribution is 5.73. The number of carboxylic acid groups (broad SMARTS) is 1. The van der Waals surface area contributed by atoms with Gasteiger partial charge in [-0.3, -0.25) is 4.79 Å². The fraction of sp³-hybridized carbons (Fsp3) is 0.462. The quantitative estimate of drug-likeness (QED) is 0.800. The molecular weight excluding hydrogens is 188 g/mol. The molecule has 0 saturated heterocycles. The molecule has 0 amide bonds. The first-order chi connectivity index (χ1) is 7.27. The van der Waals surface area contributed by atoms with Gasteiger partial charge in [-0.25, -0.2) is 0 Å². The molecular formula is C13H16O2. The van der Waals surface area contributed by atoms with Gasteiger partial charge in [0.05, 0.1) is 5.92 Å². The smallest absolute Gasteiger partial charge is 0.306 e. The summed E-state index contributed by atoms with van der Waals surface area (Å²) in [7, 11) is 0. The fourth-order valence-corrected chi connectivity index (χ4v) is 2.08. The van der Waals surface area contributed by atoms with E-state index in [1.165, 1.54) is 5.56 Å². The van der Waals surface area contributed by atoms with Crippen LogP contribution in [0.1, 0.15) is 24.8 Å². The van der Waals surface area contributed by atoms with Crippen molar-refractivity contribution in [3.8, 4) is 0 Å². The van der Waals surface area contributed by atoms with E-state index in [0.29, 0.717) is 5.92 Å². The first-order valence-corrected chi connectivity index (χ1v) is 5.54. The number of carboxylic acids is 1. The fourth-order valence-electron chi connectivity index (χ4n) is 2.08. The number of benzene rings is 1. The molecule has 2 rings (SSSR count). The van der Waals surface area contributed by atoms with Crippen molar-refractivity contribution >= 4 is 5.97 Å². The Bertz CT molecular complexity index is 332. The lowest BCUT2D eigenvalue weighted by Gasteiger charge is -2.00. The molecule has 1 N–H and O–H groups in total. The number of rotatable bonds is 5. The molecule has 0 aliphatic heterocycles. The molecule has 2 nitrogen and oxygen atoms in total. The monoisotopic (exact) mass is 204 g/mol. The average molecular weight is 204 g/mol. The molecule has 2 atom stereocenters. The highest BCUT2D eigenvalue weighted by Crippen LogP contribution is 2.42. The van der Waals surface area contributed by atoms with E-state index in [1.807, 2.05) is 18.2 Å². The molecule has 80 valence electrons. The molecule has 0 aromatic heterocycles. The van der Waals surface area contributed by atoms with Gasteiger partial charge in [-0.2, -0.15) is 0 Å². The van der Waals surface area contributed by atoms with E-state index in [0.717, 1.165) is 25.7 Å². The molecule has 1 aliphatic rings. The molecule has 0 radical (unpaired) electrons. The highest BCUT2D eigenvalue weighted by Gasteiger charge is 2.42. The van der Waals surface area contributed by atoms with Gasteiger partial charge in [0.1, 0.15) is 0 Å². The molecule has 1 aliphatic carbocycles. The summed E-state index contributed by atoms with van der Waals surface area (Å²) in [5.41, 5.74) is 1.35. The van der Waals surface area contributed by atoms with Crippen molar-refractivity contribution in [3.63, 3.8) is 0 Å². The number of aliphatic carboxylic acids is 1. The van der Waals surface area contributed by atoms with Gasteiger partial charge in [0.15, 0.2) is 0 Å². The van der Waals surface area contributed by atoms with Crippen molar-refractivity contribution < 1.29 is 9.90 Å². The lowest BCUT2D eigenvalue weighted by Crippen LogP contribution is -1.99. The summed E-state index contributed by atoms with van der Waals surface area (Å²) in [6, 6.07) is 10.4. The maximum Gasteiger partial charge on any atom is 0.306 e. The van der Waals surface area contributed by atoms with Crippen molar-refractivity contribution in [1.29, 1.82) is 0 Å². The third-order valence-electron chi connectivity index (χ3n) is 3.12. The van der Waals surface area contributed by atoms with Crippen molar-refractivity contribution in [3.05, 3.63) is 35.9 Å². The lowest BCUT2D eigenvalue weighted by molar-refractivity contribution is -0.138. The van der Waals surface area contributed by atoms with E-state index in [4.69, 9.17) is 5.11 Å². The van der Waals surface area contributed by atoms with Gasteiger partial charge >= 0.3 is 5.97 Å². The minimum Gasteiger partial charge on any atom is -0.481 e. The topological polar surface area (TPSA) is 37.3 Å². The van der Waals surface area contributed by atoms with Crippen LogP contribution in [0.4, 0.5) is 0 Å². The summed E-state index contributed by atoms with van der Waals surface area (Å²) in [5.74, 6) is -0.202. The Morgan fingerprint density at radius 3 is 2.67 bits per heavy atom. The first-order valence-electron chi connectivity index (χ1n) is 5.54. The Morgan fingerprint density at radius 1 is 1.33 bits per heavy atom. The van der Waals surface area contributed by atoms with Crippen LogP contribution < -0.4 is 0 Å². The third-order valence-corrected chi connectivity index (χ3v) is 3.12. The van der Waals surface area contributed by atoms with Crippen LogP contribution in [-0.4, -0.2) is 11.1 Å². The second-order valence-corrected chi connectivity index (χ2v) is 4.32. The van der Waals surface area contributed by atoms with Crippen LogP contribution in [0.3, 0.4) is 0 Å². The zero-order valence-corrected chi connectivity index (χ0v) is 8.73. The molecule has 2 heteroatoms. The van der Waals surface area contributed by atoms with Gasteiger partial charge in [-0.05, 0) is 37.2 Å². The van der Waals surface area contributed by atoms with E-state index in [1.54, 1.807) is 0 Å². The van der Waals surface area contributed by atoms with E-state index in [9.17, 15) is 4.79 Å². The van der Waals surface area contributed by atoms with Crippen LogP contribution in [0.2, 0.25) is 0 Å². The van der Waals surface area contributed by atoms with Crippen molar-refractivity contribution in [2.75, 3.05) is 0 Å². The molecule has 1 aromatic carbocycles. The summed E-state index contributed by atoms with van der Waals surface area (Å²) >= 11 is 0. The summed E-state index contributed by atoms with van der Waals surface area (Å²) in [6.07, 6.45) is 4.14. The maximum atomic E-state index is 10.6. The molecule has 2 unspecified atom stereocenters. The summed E-state index contributed by atoms with van der Waals surface area (Å²) in [4.78, 5) is 10.6. The third kappa shape index (κ3) is 2.82. The Morgan fingerprint density at radius 2 is 2.07 bits per heavy atom. The summed E-state index contributed by atoms with van der Waals surface area (Å²) in [6.45, 7) is 0. The minimum absolute atomic E-state index is 0.0410. The van der Waals surface area contributed by atoms with Crippen molar-refractivity contribution in [2.45, 2.75) is 25.7 Å². The predicted molar refractivity (Wildman–Crippen MR) is 58.6 cm³/mol. The predicted octanol–water partition coefficient (Wildman–Crippen LogP) is 2.73. The standard InChI is InChI=1S/C13H16O2/c14-13(15)12-9-11(12)8-4-7-10-5-2-1-3-6-10/h1-3,5-6,11-12H,4,7-9H2,(H,14,15). The average Bonchev–Trinajstić information content (AvgIpc) is 2.99. The molecule has 0 spiro atoms. The molecule has 1 saturated carbocycles. The zero-order chi connectivity index (χ0) is 10.7. The Kier molecular flexibility index (Phi) is 3.05. The van der Waals surface area contributed by atoms with Gasteiger partial charge in [0.2, 0.25) is 0 Å². The highest BCUT2D eigenvalue weighted by atomic mass is 16.4. The molecule has 0 heterocycles. The van der Waals surface area contributed by atoms with Crippen LogP contribution >= 0.6 is 0 Å². The maximum absolute atomic E-state index is 10.6. The van der Waals surface area contributed by atoms with E-state index >= 15 is 0 Å². The summed E-state index contributed by atoms with van der Waals surface area (Å²) in [5, 5.41) is 8.74. The van der Waals surface area contributed by atoms with Crippen LogP contribution in [0.15, 0.2) is 30.3 Å². The van der Waals surface area contributed by atoms with Gasteiger partial charge in [-0.15, -0.1) is 0 Å². The molecule has 1 fully saturated rings. The van der Waals surface area contributed by atoms with Crippen molar-refractivity contribution in [2.24, 2.45) is 11.8 Å². The number of aryl methyl sites for hydroxylation is 1. The van der Waals surface area contributed by atoms with E-state index in [2.05, 4.69) is 12.1 Å². The second kappa shape index (κ2) is 4.47. The largest absolute Gasteiger partial charge is 0.481 e. The SMILES string of the molecule is O=C(O)C1CC1CCCc1ccccc1. The summed E-state index contributed by atoms with van der Waals surface area (Å²) < 4.78 is 0. The van der Waals surface area contributed by atoms with Crippen LogP contribution in [-0.2, 0) is 11.2 Å². The Hall–Kier alpha value is -1.31. The van der Waals surface area contributed by atoms with E-state index in [-0.39, 0.29) is 5.92 Å². The second-order valence-electron chi connectivity index (χ2n) is 4.32. The van der Waals surface area contributed by atoms with Gasteiger partial charge < -0.3 is 5.11 Å².